The Morgan fingerprint density at radius 1 is 1.12 bits per heavy atom. The molecule has 0 saturated carbocycles. The number of hydrogen-bond donors (Lipinski definition) is 2. The van der Waals surface area contributed by atoms with E-state index in [4.69, 9.17) is 0 Å². The molecule has 0 fully saturated rings. The monoisotopic (exact) mass is 229 g/mol. The first-order valence-corrected chi connectivity index (χ1v) is 5.06. The lowest BCUT2D eigenvalue weighted by Gasteiger charge is -2.02. The predicted molar refractivity (Wildman–Crippen MR) is 66.2 cm³/mol. The number of nitrogens with zero attached hydrogens (tertiary/aromatic N) is 1. The van der Waals surface area contributed by atoms with Gasteiger partial charge in [0.1, 0.15) is 0 Å². The summed E-state index contributed by atoms with van der Waals surface area (Å²) in [6.45, 7) is 0. The molecule has 0 bridgehead atoms. The van der Waals surface area contributed by atoms with Gasteiger partial charge in [-0.1, -0.05) is 30.3 Å². The molecule has 0 spiro atoms. The van der Waals surface area contributed by atoms with Crippen LogP contribution in [0.1, 0.15) is 5.56 Å². The largest absolute Gasteiger partial charge is 0.347 e. The summed E-state index contributed by atoms with van der Waals surface area (Å²) in [5.41, 5.74) is 2.83. The van der Waals surface area contributed by atoms with Gasteiger partial charge in [0, 0.05) is 18.5 Å². The van der Waals surface area contributed by atoms with Gasteiger partial charge in [0.25, 0.3) is 5.56 Å². The van der Waals surface area contributed by atoms with Gasteiger partial charge < -0.3 is 0 Å². The molecule has 0 saturated heterocycles. The summed E-state index contributed by atoms with van der Waals surface area (Å²) in [5.74, 6) is 0. The summed E-state index contributed by atoms with van der Waals surface area (Å²) in [5, 5.41) is 0. The average Bonchev–Trinajstić information content (AvgIpc) is 2.33. The molecular formula is C12H11N3O2. The van der Waals surface area contributed by atoms with Gasteiger partial charge in [-0.3, -0.25) is 15.2 Å². The molecule has 0 atom stereocenters. The Hall–Kier alpha value is -2.56. The fourth-order valence-electron chi connectivity index (χ4n) is 1.30. The van der Waals surface area contributed by atoms with Crippen LogP contribution >= 0.6 is 0 Å². The van der Waals surface area contributed by atoms with Crippen molar-refractivity contribution in [2.75, 3.05) is 5.43 Å². The maximum Gasteiger partial charge on any atom is 0.347 e. The van der Waals surface area contributed by atoms with Crippen molar-refractivity contribution < 1.29 is 0 Å². The van der Waals surface area contributed by atoms with Crippen molar-refractivity contribution >= 4 is 6.08 Å². The van der Waals surface area contributed by atoms with Gasteiger partial charge in [-0.25, -0.2) is 9.47 Å². The second kappa shape index (κ2) is 4.98. The Balaban J connectivity index is 2.10. The van der Waals surface area contributed by atoms with Crippen LogP contribution in [0.5, 0.6) is 0 Å². The lowest BCUT2D eigenvalue weighted by atomic mass is 10.2. The Labute approximate surface area is 97.0 Å². The molecule has 0 aliphatic rings. The van der Waals surface area contributed by atoms with Crippen molar-refractivity contribution in [3.63, 3.8) is 0 Å². The Kier molecular flexibility index (Phi) is 3.20. The van der Waals surface area contributed by atoms with Crippen LogP contribution in [0.3, 0.4) is 0 Å². The van der Waals surface area contributed by atoms with Crippen LogP contribution in [-0.2, 0) is 0 Å². The van der Waals surface area contributed by atoms with E-state index in [9.17, 15) is 9.59 Å². The Morgan fingerprint density at radius 2 is 1.88 bits per heavy atom. The summed E-state index contributed by atoms with van der Waals surface area (Å²) >= 11 is 0. The normalized spacial score (nSPS) is 10.6. The number of H-pyrrole nitrogens is 1. The molecule has 0 amide bonds. The van der Waals surface area contributed by atoms with E-state index in [1.165, 1.54) is 16.9 Å². The fraction of sp³-hybridized carbons (Fsp3) is 0. The first-order chi connectivity index (χ1) is 8.25. The second-order valence-electron chi connectivity index (χ2n) is 3.35. The molecule has 2 aromatic rings. The number of aromatic nitrogens is 2. The minimum atomic E-state index is -0.504. The van der Waals surface area contributed by atoms with Crippen LogP contribution in [0, 0.1) is 0 Å². The molecule has 5 heteroatoms. The molecule has 0 aliphatic carbocycles. The maximum absolute atomic E-state index is 11.3. The summed E-state index contributed by atoms with van der Waals surface area (Å²) in [6.07, 6.45) is 4.81. The van der Waals surface area contributed by atoms with Gasteiger partial charge in [0.05, 0.1) is 0 Å². The highest BCUT2D eigenvalue weighted by atomic mass is 16.2. The zero-order valence-electron chi connectivity index (χ0n) is 8.96. The third-order valence-electron chi connectivity index (χ3n) is 2.11. The Morgan fingerprint density at radius 3 is 2.59 bits per heavy atom. The SMILES string of the molecule is O=c1ccn(N/C=C/c2ccccc2)c(=O)[nH]1. The molecule has 1 aromatic carbocycles. The zero-order valence-corrected chi connectivity index (χ0v) is 8.96. The quantitative estimate of drug-likeness (QED) is 0.816. The molecule has 1 aromatic heterocycles. The van der Waals surface area contributed by atoms with E-state index < -0.39 is 11.2 Å². The molecule has 0 aliphatic heterocycles. The third kappa shape index (κ3) is 2.94. The third-order valence-corrected chi connectivity index (χ3v) is 2.11. The molecule has 2 N–H and O–H groups in total. The molecular weight excluding hydrogens is 218 g/mol. The van der Waals surface area contributed by atoms with E-state index in [0.717, 1.165) is 5.56 Å². The van der Waals surface area contributed by atoms with Crippen LogP contribution < -0.4 is 16.7 Å². The van der Waals surface area contributed by atoms with Crippen molar-refractivity contribution in [2.24, 2.45) is 0 Å². The van der Waals surface area contributed by atoms with E-state index in [1.807, 2.05) is 36.4 Å². The molecule has 2 rings (SSSR count). The van der Waals surface area contributed by atoms with Gasteiger partial charge in [0.2, 0.25) is 0 Å². The van der Waals surface area contributed by atoms with Gasteiger partial charge in [-0.05, 0) is 11.6 Å². The van der Waals surface area contributed by atoms with Crippen molar-refractivity contribution in [3.05, 3.63) is 75.2 Å². The second-order valence-corrected chi connectivity index (χ2v) is 3.35. The standard InChI is InChI=1S/C12H11N3O2/c16-11-7-9-15(12(17)14-11)13-8-6-10-4-2-1-3-5-10/h1-9,13H,(H,14,16,17)/b8-6+. The minimum Gasteiger partial charge on any atom is -0.298 e. The highest BCUT2D eigenvalue weighted by molar-refractivity contribution is 5.49. The lowest BCUT2D eigenvalue weighted by Crippen LogP contribution is -2.32. The summed E-state index contributed by atoms with van der Waals surface area (Å²) < 4.78 is 1.18. The summed E-state index contributed by atoms with van der Waals surface area (Å²) in [7, 11) is 0. The van der Waals surface area contributed by atoms with E-state index in [0.29, 0.717) is 0 Å². The predicted octanol–water partition coefficient (Wildman–Crippen LogP) is 0.751. The van der Waals surface area contributed by atoms with Gasteiger partial charge >= 0.3 is 5.69 Å². The van der Waals surface area contributed by atoms with Crippen LogP contribution in [0.2, 0.25) is 0 Å². The van der Waals surface area contributed by atoms with Crippen molar-refractivity contribution in [1.82, 2.24) is 9.66 Å². The first kappa shape index (κ1) is 10.9. The molecule has 17 heavy (non-hydrogen) atoms. The molecule has 0 unspecified atom stereocenters. The average molecular weight is 229 g/mol. The number of nitrogens with one attached hydrogen (secondary N) is 2. The van der Waals surface area contributed by atoms with Crippen LogP contribution in [0.4, 0.5) is 0 Å². The summed E-state index contributed by atoms with van der Waals surface area (Å²) in [4.78, 5) is 24.3. The summed E-state index contributed by atoms with van der Waals surface area (Å²) in [6, 6.07) is 10.9. The number of benzene rings is 1. The molecule has 5 nitrogen and oxygen atoms in total. The maximum atomic E-state index is 11.3. The zero-order chi connectivity index (χ0) is 12.1. The fourth-order valence-corrected chi connectivity index (χ4v) is 1.30. The number of aromatic amines is 1. The molecule has 0 radical (unpaired) electrons. The number of hydrogen-bond acceptors (Lipinski definition) is 3. The van der Waals surface area contributed by atoms with Gasteiger partial charge in [-0.2, -0.15) is 0 Å². The number of rotatable bonds is 3. The highest BCUT2D eigenvalue weighted by Gasteiger charge is 1.91. The van der Waals surface area contributed by atoms with E-state index in [2.05, 4.69) is 10.4 Å². The highest BCUT2D eigenvalue weighted by Crippen LogP contribution is 1.99. The van der Waals surface area contributed by atoms with Crippen LogP contribution in [0.25, 0.3) is 6.08 Å². The van der Waals surface area contributed by atoms with Crippen LogP contribution in [-0.4, -0.2) is 9.66 Å². The van der Waals surface area contributed by atoms with Crippen LogP contribution in [0.15, 0.2) is 58.4 Å². The van der Waals surface area contributed by atoms with Crippen molar-refractivity contribution in [3.8, 4) is 0 Å². The Bertz CT molecular complexity index is 626. The van der Waals surface area contributed by atoms with Crippen molar-refractivity contribution in [1.29, 1.82) is 0 Å². The van der Waals surface area contributed by atoms with E-state index in [1.54, 1.807) is 6.20 Å². The first-order valence-electron chi connectivity index (χ1n) is 5.06. The smallest absolute Gasteiger partial charge is 0.298 e. The van der Waals surface area contributed by atoms with Gasteiger partial charge in [-0.15, -0.1) is 0 Å². The van der Waals surface area contributed by atoms with E-state index >= 15 is 0 Å². The molecule has 86 valence electrons. The van der Waals surface area contributed by atoms with Crippen molar-refractivity contribution in [2.45, 2.75) is 0 Å². The topological polar surface area (TPSA) is 66.9 Å². The molecule has 1 heterocycles. The lowest BCUT2D eigenvalue weighted by molar-refractivity contribution is 0.829. The van der Waals surface area contributed by atoms with E-state index in [-0.39, 0.29) is 0 Å². The van der Waals surface area contributed by atoms with Gasteiger partial charge in [0.15, 0.2) is 0 Å². The minimum absolute atomic E-state index is 0.417.